The average Bonchev–Trinajstić information content (AvgIpc) is 2.95. The first-order valence-corrected chi connectivity index (χ1v) is 8.60. The van der Waals surface area contributed by atoms with Gasteiger partial charge in [-0.3, -0.25) is 14.3 Å². The number of carbonyl (C=O) groups is 2. The summed E-state index contributed by atoms with van der Waals surface area (Å²) in [5.41, 5.74) is 1.13. The first-order chi connectivity index (χ1) is 11.0. The van der Waals surface area contributed by atoms with Crippen LogP contribution in [0.15, 0.2) is 18.3 Å². The summed E-state index contributed by atoms with van der Waals surface area (Å²) >= 11 is 7.38. The van der Waals surface area contributed by atoms with Gasteiger partial charge in [0.25, 0.3) is 5.91 Å². The Morgan fingerprint density at radius 3 is 2.83 bits per heavy atom. The molecule has 0 radical (unpaired) electrons. The lowest BCUT2D eigenvalue weighted by atomic mass is 10.2. The van der Waals surface area contributed by atoms with Crippen molar-refractivity contribution in [3.05, 3.63) is 28.2 Å². The molecule has 2 aromatic heterocycles. The topological polar surface area (TPSA) is 58.4 Å². The van der Waals surface area contributed by atoms with Gasteiger partial charge in [0.05, 0.1) is 21.4 Å². The van der Waals surface area contributed by atoms with Gasteiger partial charge in [0.15, 0.2) is 0 Å². The fourth-order valence-corrected chi connectivity index (χ4v) is 3.89. The van der Waals surface area contributed by atoms with E-state index in [1.165, 1.54) is 11.3 Å². The molecule has 0 unspecified atom stereocenters. The Labute approximate surface area is 142 Å². The number of halogens is 1. The summed E-state index contributed by atoms with van der Waals surface area (Å²) in [6.45, 7) is 0.525. The van der Waals surface area contributed by atoms with Crippen LogP contribution in [-0.4, -0.2) is 50.6 Å². The smallest absolute Gasteiger partial charge is 0.259 e. The highest BCUT2D eigenvalue weighted by molar-refractivity contribution is 7.19. The molecule has 120 valence electrons. The van der Waals surface area contributed by atoms with Crippen molar-refractivity contribution in [3.63, 3.8) is 0 Å². The van der Waals surface area contributed by atoms with Crippen LogP contribution < -0.4 is 0 Å². The summed E-state index contributed by atoms with van der Waals surface area (Å²) in [6, 6.07) is 3.97. The van der Waals surface area contributed by atoms with Crippen molar-refractivity contribution >= 4 is 34.8 Å². The summed E-state index contributed by atoms with van der Waals surface area (Å²) in [7, 11) is 1.78. The SMILES string of the molecule is Cn1cc(C(=O)N2CC(=O)N(C3CC3)C2)c(-c2ccc(Cl)s2)n1. The number of hydrogen-bond donors (Lipinski definition) is 0. The zero-order valence-electron chi connectivity index (χ0n) is 12.5. The monoisotopic (exact) mass is 350 g/mol. The van der Waals surface area contributed by atoms with E-state index in [2.05, 4.69) is 5.10 Å². The van der Waals surface area contributed by atoms with Crippen LogP contribution in [0, 0.1) is 0 Å². The van der Waals surface area contributed by atoms with Crippen molar-refractivity contribution in [2.75, 3.05) is 13.2 Å². The number of aromatic nitrogens is 2. The number of thiophene rings is 1. The van der Waals surface area contributed by atoms with Crippen LogP contribution in [-0.2, 0) is 11.8 Å². The standard InChI is InChI=1S/C15H15ClN4O2S/c1-18-6-10(14(17-18)11-4-5-12(16)23-11)15(22)19-7-13(21)20(8-19)9-2-3-9/h4-6,9H,2-3,7-8H2,1H3. The Kier molecular flexibility index (Phi) is 3.42. The van der Waals surface area contributed by atoms with Gasteiger partial charge < -0.3 is 9.80 Å². The van der Waals surface area contributed by atoms with Gasteiger partial charge in [0, 0.05) is 19.3 Å². The molecule has 1 saturated heterocycles. The van der Waals surface area contributed by atoms with E-state index < -0.39 is 0 Å². The number of amides is 2. The van der Waals surface area contributed by atoms with E-state index in [0.29, 0.717) is 28.3 Å². The molecule has 1 saturated carbocycles. The summed E-state index contributed by atoms with van der Waals surface area (Å²) in [5.74, 6) is -0.125. The Morgan fingerprint density at radius 1 is 1.39 bits per heavy atom. The molecule has 1 aliphatic heterocycles. The van der Waals surface area contributed by atoms with Crippen molar-refractivity contribution in [1.82, 2.24) is 19.6 Å². The van der Waals surface area contributed by atoms with E-state index in [9.17, 15) is 9.59 Å². The van der Waals surface area contributed by atoms with E-state index in [1.54, 1.807) is 33.8 Å². The molecule has 2 aliphatic rings. The highest BCUT2D eigenvalue weighted by atomic mass is 35.5. The quantitative estimate of drug-likeness (QED) is 0.852. The Balaban J connectivity index is 1.63. The summed E-state index contributed by atoms with van der Waals surface area (Å²) in [6.07, 6.45) is 3.79. The van der Waals surface area contributed by atoms with Crippen LogP contribution in [0.25, 0.3) is 10.6 Å². The van der Waals surface area contributed by atoms with Crippen LogP contribution in [0.4, 0.5) is 0 Å². The van der Waals surface area contributed by atoms with Gasteiger partial charge in [-0.05, 0) is 25.0 Å². The molecule has 0 bridgehead atoms. The second kappa shape index (κ2) is 5.35. The molecule has 1 aliphatic carbocycles. The largest absolute Gasteiger partial charge is 0.320 e. The first-order valence-electron chi connectivity index (χ1n) is 7.41. The van der Waals surface area contributed by atoms with E-state index in [1.807, 2.05) is 6.07 Å². The molecule has 2 fully saturated rings. The summed E-state index contributed by atoms with van der Waals surface area (Å²) in [5, 5.41) is 4.39. The highest BCUT2D eigenvalue weighted by Gasteiger charge is 2.40. The molecule has 0 spiro atoms. The van der Waals surface area contributed by atoms with Crippen molar-refractivity contribution in [2.24, 2.45) is 7.05 Å². The summed E-state index contributed by atoms with van der Waals surface area (Å²) in [4.78, 5) is 29.2. The van der Waals surface area contributed by atoms with Gasteiger partial charge in [-0.1, -0.05) is 11.6 Å². The minimum absolute atomic E-state index is 0.0328. The third kappa shape index (κ3) is 2.64. The van der Waals surface area contributed by atoms with Gasteiger partial charge >= 0.3 is 0 Å². The lowest BCUT2D eigenvalue weighted by Crippen LogP contribution is -2.32. The minimum atomic E-state index is -0.158. The zero-order chi connectivity index (χ0) is 16.1. The Hall–Kier alpha value is -1.86. The van der Waals surface area contributed by atoms with Gasteiger partial charge in [-0.25, -0.2) is 0 Å². The maximum atomic E-state index is 12.9. The third-order valence-corrected chi connectivity index (χ3v) is 5.35. The second-order valence-electron chi connectivity index (χ2n) is 5.91. The molecule has 2 amide bonds. The molecule has 0 aromatic carbocycles. The Morgan fingerprint density at radius 2 is 2.17 bits per heavy atom. The lowest BCUT2D eigenvalue weighted by molar-refractivity contribution is -0.127. The van der Waals surface area contributed by atoms with Gasteiger partial charge in [0.2, 0.25) is 5.91 Å². The number of hydrogen-bond acceptors (Lipinski definition) is 4. The van der Waals surface area contributed by atoms with E-state index in [0.717, 1.165) is 17.7 Å². The van der Waals surface area contributed by atoms with E-state index in [4.69, 9.17) is 11.6 Å². The normalized spacial score (nSPS) is 18.1. The average molecular weight is 351 g/mol. The molecular formula is C15H15ClN4O2S. The minimum Gasteiger partial charge on any atom is -0.320 e. The van der Waals surface area contributed by atoms with Crippen LogP contribution in [0.1, 0.15) is 23.2 Å². The number of nitrogens with zero attached hydrogens (tertiary/aromatic N) is 4. The molecule has 0 atom stereocenters. The van der Waals surface area contributed by atoms with Crippen molar-refractivity contribution in [2.45, 2.75) is 18.9 Å². The van der Waals surface area contributed by atoms with Crippen molar-refractivity contribution in [3.8, 4) is 10.6 Å². The number of carbonyl (C=O) groups excluding carboxylic acids is 2. The van der Waals surface area contributed by atoms with Crippen LogP contribution >= 0.6 is 22.9 Å². The van der Waals surface area contributed by atoms with Crippen LogP contribution in [0.5, 0.6) is 0 Å². The third-order valence-electron chi connectivity index (χ3n) is 4.11. The predicted octanol–water partition coefficient (Wildman–Crippen LogP) is 2.21. The number of rotatable bonds is 3. The molecule has 3 heterocycles. The van der Waals surface area contributed by atoms with Gasteiger partial charge in [0.1, 0.15) is 12.2 Å². The highest BCUT2D eigenvalue weighted by Crippen LogP contribution is 2.34. The Bertz CT molecular complexity index is 795. The molecule has 2 aromatic rings. The fourth-order valence-electron chi connectivity index (χ4n) is 2.85. The predicted molar refractivity (Wildman–Crippen MR) is 87.3 cm³/mol. The van der Waals surface area contributed by atoms with Crippen LogP contribution in [0.3, 0.4) is 0 Å². The number of aryl methyl sites for hydroxylation is 1. The zero-order valence-corrected chi connectivity index (χ0v) is 14.1. The van der Waals surface area contributed by atoms with Crippen molar-refractivity contribution in [1.29, 1.82) is 0 Å². The first kappa shape index (κ1) is 14.7. The maximum absolute atomic E-state index is 12.9. The molecule has 4 rings (SSSR count). The molecule has 0 N–H and O–H groups in total. The summed E-state index contributed by atoms with van der Waals surface area (Å²) < 4.78 is 2.27. The molecule has 8 heteroatoms. The lowest BCUT2D eigenvalue weighted by Gasteiger charge is -2.17. The fraction of sp³-hybridized carbons (Fsp3) is 0.400. The van der Waals surface area contributed by atoms with Crippen LogP contribution in [0.2, 0.25) is 4.34 Å². The van der Waals surface area contributed by atoms with E-state index in [-0.39, 0.29) is 18.4 Å². The van der Waals surface area contributed by atoms with E-state index >= 15 is 0 Å². The molecular weight excluding hydrogens is 336 g/mol. The molecule has 6 nitrogen and oxygen atoms in total. The maximum Gasteiger partial charge on any atom is 0.259 e. The van der Waals surface area contributed by atoms with Gasteiger partial charge in [-0.15, -0.1) is 11.3 Å². The van der Waals surface area contributed by atoms with Gasteiger partial charge in [-0.2, -0.15) is 5.10 Å². The molecule has 23 heavy (non-hydrogen) atoms. The second-order valence-corrected chi connectivity index (χ2v) is 7.62. The van der Waals surface area contributed by atoms with Crippen molar-refractivity contribution < 1.29 is 9.59 Å².